The quantitative estimate of drug-likeness (QED) is 0.401. The molecule has 0 aromatic rings. The molecule has 1 unspecified atom stereocenters. The molecule has 6 nitrogen and oxygen atoms in total. The van der Waals surface area contributed by atoms with E-state index in [1.807, 2.05) is 0 Å². The maximum Gasteiger partial charge on any atom is 0.240 e. The standard InChI is InChI=1S/C8H15N3O3S/c1-5(12)6(4-15)11-8(14)3-10-7(13)2-9/h6,15H,2-4,9H2,1H3,(H,10,13)(H,11,14). The van der Waals surface area contributed by atoms with Gasteiger partial charge in [-0.15, -0.1) is 0 Å². The number of hydrogen-bond acceptors (Lipinski definition) is 5. The number of ketones is 1. The summed E-state index contributed by atoms with van der Waals surface area (Å²) < 4.78 is 0. The minimum Gasteiger partial charge on any atom is -0.346 e. The van der Waals surface area contributed by atoms with Crippen molar-refractivity contribution >= 4 is 30.2 Å². The van der Waals surface area contributed by atoms with E-state index >= 15 is 0 Å². The van der Waals surface area contributed by atoms with Crippen LogP contribution in [0.25, 0.3) is 0 Å². The molecule has 7 heteroatoms. The van der Waals surface area contributed by atoms with Gasteiger partial charge in [-0.25, -0.2) is 0 Å². The number of hydrogen-bond donors (Lipinski definition) is 4. The highest BCUT2D eigenvalue weighted by Gasteiger charge is 2.14. The van der Waals surface area contributed by atoms with Gasteiger partial charge in [-0.3, -0.25) is 14.4 Å². The summed E-state index contributed by atoms with van der Waals surface area (Å²) in [5.41, 5.74) is 5.02. The summed E-state index contributed by atoms with van der Waals surface area (Å²) >= 11 is 3.91. The number of carbonyl (C=O) groups is 3. The molecule has 0 aromatic carbocycles. The Morgan fingerprint density at radius 1 is 1.33 bits per heavy atom. The first kappa shape index (κ1) is 13.9. The third kappa shape index (κ3) is 6.08. The van der Waals surface area contributed by atoms with Crippen molar-refractivity contribution in [2.75, 3.05) is 18.8 Å². The minimum atomic E-state index is -0.615. The van der Waals surface area contributed by atoms with Crippen LogP contribution in [0, 0.1) is 0 Å². The molecule has 0 radical (unpaired) electrons. The maximum atomic E-state index is 11.2. The SMILES string of the molecule is CC(=O)C(CS)NC(=O)CNC(=O)CN. The fraction of sp³-hybridized carbons (Fsp3) is 0.625. The van der Waals surface area contributed by atoms with Crippen LogP contribution in [-0.2, 0) is 14.4 Å². The summed E-state index contributed by atoms with van der Waals surface area (Å²) in [6.45, 7) is 1.00. The van der Waals surface area contributed by atoms with Gasteiger partial charge in [-0.1, -0.05) is 0 Å². The highest BCUT2D eigenvalue weighted by atomic mass is 32.1. The number of Topliss-reactive ketones (excluding diaryl/α,β-unsaturated/α-hetero) is 1. The molecule has 1 atom stereocenters. The van der Waals surface area contributed by atoms with Crippen LogP contribution >= 0.6 is 12.6 Å². The molecule has 4 N–H and O–H groups in total. The lowest BCUT2D eigenvalue weighted by atomic mass is 10.2. The van der Waals surface area contributed by atoms with Gasteiger partial charge in [0.2, 0.25) is 11.8 Å². The van der Waals surface area contributed by atoms with Crippen molar-refractivity contribution in [1.82, 2.24) is 10.6 Å². The first-order chi connectivity index (χ1) is 7.01. The van der Waals surface area contributed by atoms with E-state index in [1.165, 1.54) is 6.92 Å². The van der Waals surface area contributed by atoms with Crippen LogP contribution in [0.2, 0.25) is 0 Å². The predicted octanol–water partition coefficient (Wildman–Crippen LogP) is -1.94. The van der Waals surface area contributed by atoms with Crippen LogP contribution in [0.15, 0.2) is 0 Å². The summed E-state index contributed by atoms with van der Waals surface area (Å²) in [5.74, 6) is -0.809. The van der Waals surface area contributed by atoms with Crippen molar-refractivity contribution in [3.8, 4) is 0 Å². The highest BCUT2D eigenvalue weighted by molar-refractivity contribution is 7.80. The van der Waals surface area contributed by atoms with Crippen LogP contribution in [0.4, 0.5) is 0 Å². The highest BCUT2D eigenvalue weighted by Crippen LogP contribution is 1.89. The zero-order valence-electron chi connectivity index (χ0n) is 8.45. The summed E-state index contributed by atoms with van der Waals surface area (Å²) in [4.78, 5) is 32.8. The molecular formula is C8H15N3O3S. The molecule has 0 bridgehead atoms. The van der Waals surface area contributed by atoms with Gasteiger partial charge in [0.05, 0.1) is 19.1 Å². The van der Waals surface area contributed by atoms with E-state index < -0.39 is 17.9 Å². The maximum absolute atomic E-state index is 11.2. The molecule has 0 heterocycles. The zero-order valence-corrected chi connectivity index (χ0v) is 9.34. The van der Waals surface area contributed by atoms with Crippen molar-refractivity contribution in [3.63, 3.8) is 0 Å². The molecule has 0 saturated carbocycles. The fourth-order valence-electron chi connectivity index (χ4n) is 0.772. The minimum absolute atomic E-state index is 0.171. The number of nitrogens with two attached hydrogens (primary N) is 1. The molecule has 0 spiro atoms. The average Bonchev–Trinajstić information content (AvgIpc) is 2.21. The molecule has 2 amide bonds. The fourth-order valence-corrected chi connectivity index (χ4v) is 1.12. The molecule has 0 aliphatic carbocycles. The lowest BCUT2D eigenvalue weighted by Gasteiger charge is -2.13. The van der Waals surface area contributed by atoms with E-state index in [9.17, 15) is 14.4 Å². The van der Waals surface area contributed by atoms with Gasteiger partial charge in [0.25, 0.3) is 0 Å². The van der Waals surface area contributed by atoms with Gasteiger partial charge < -0.3 is 16.4 Å². The third-order valence-corrected chi connectivity index (χ3v) is 2.01. The van der Waals surface area contributed by atoms with Gasteiger partial charge in [0.15, 0.2) is 5.78 Å². The molecule has 0 saturated heterocycles. The summed E-state index contributed by atoms with van der Waals surface area (Å²) in [6, 6.07) is -0.615. The van der Waals surface area contributed by atoms with E-state index in [1.54, 1.807) is 0 Å². The van der Waals surface area contributed by atoms with E-state index in [-0.39, 0.29) is 24.6 Å². The first-order valence-corrected chi connectivity index (χ1v) is 5.02. The van der Waals surface area contributed by atoms with Crippen molar-refractivity contribution in [3.05, 3.63) is 0 Å². The van der Waals surface area contributed by atoms with Gasteiger partial charge in [0.1, 0.15) is 0 Å². The van der Waals surface area contributed by atoms with Crippen molar-refractivity contribution in [2.24, 2.45) is 5.73 Å². The third-order valence-electron chi connectivity index (χ3n) is 1.64. The number of nitrogens with one attached hydrogen (secondary N) is 2. The smallest absolute Gasteiger partial charge is 0.240 e. The Morgan fingerprint density at radius 3 is 2.33 bits per heavy atom. The van der Waals surface area contributed by atoms with E-state index in [4.69, 9.17) is 5.73 Å². The first-order valence-electron chi connectivity index (χ1n) is 4.38. The Labute approximate surface area is 93.4 Å². The molecule has 86 valence electrons. The van der Waals surface area contributed by atoms with Gasteiger partial charge in [-0.05, 0) is 6.92 Å². The molecule has 0 fully saturated rings. The van der Waals surface area contributed by atoms with Crippen molar-refractivity contribution in [1.29, 1.82) is 0 Å². The second-order valence-corrected chi connectivity index (χ2v) is 3.26. The Hall–Kier alpha value is -1.08. The average molecular weight is 233 g/mol. The van der Waals surface area contributed by atoms with Gasteiger partial charge >= 0.3 is 0 Å². The van der Waals surface area contributed by atoms with E-state index in [0.717, 1.165) is 0 Å². The Morgan fingerprint density at radius 2 is 1.93 bits per heavy atom. The molecule has 0 rings (SSSR count). The predicted molar refractivity (Wildman–Crippen MR) is 58.5 cm³/mol. The van der Waals surface area contributed by atoms with Crippen molar-refractivity contribution in [2.45, 2.75) is 13.0 Å². The monoisotopic (exact) mass is 233 g/mol. The van der Waals surface area contributed by atoms with Crippen LogP contribution in [-0.4, -0.2) is 42.5 Å². The van der Waals surface area contributed by atoms with Crippen molar-refractivity contribution < 1.29 is 14.4 Å². The normalized spacial score (nSPS) is 11.7. The molecule has 15 heavy (non-hydrogen) atoms. The molecule has 0 aliphatic heterocycles. The molecule has 0 aromatic heterocycles. The van der Waals surface area contributed by atoms with Crippen LogP contribution in [0.3, 0.4) is 0 Å². The van der Waals surface area contributed by atoms with Gasteiger partial charge in [-0.2, -0.15) is 12.6 Å². The number of thiol groups is 1. The number of amides is 2. The zero-order chi connectivity index (χ0) is 11.8. The topological polar surface area (TPSA) is 101 Å². The lowest BCUT2D eigenvalue weighted by molar-refractivity contribution is -0.127. The number of rotatable bonds is 6. The largest absolute Gasteiger partial charge is 0.346 e. The summed E-state index contributed by atoms with van der Waals surface area (Å²) in [5, 5.41) is 4.71. The Balaban J connectivity index is 3.91. The summed E-state index contributed by atoms with van der Waals surface area (Å²) in [7, 11) is 0. The molecular weight excluding hydrogens is 218 g/mol. The Kier molecular flexibility index (Phi) is 6.72. The second-order valence-electron chi connectivity index (χ2n) is 2.89. The van der Waals surface area contributed by atoms with Crippen LogP contribution in [0.5, 0.6) is 0 Å². The number of carbonyl (C=O) groups excluding carboxylic acids is 3. The second kappa shape index (κ2) is 7.24. The van der Waals surface area contributed by atoms with E-state index in [0.29, 0.717) is 0 Å². The van der Waals surface area contributed by atoms with Crippen LogP contribution < -0.4 is 16.4 Å². The van der Waals surface area contributed by atoms with E-state index in [2.05, 4.69) is 23.3 Å². The van der Waals surface area contributed by atoms with Crippen LogP contribution in [0.1, 0.15) is 6.92 Å². The Bertz CT molecular complexity index is 258. The summed E-state index contributed by atoms with van der Waals surface area (Å²) in [6.07, 6.45) is 0. The van der Waals surface area contributed by atoms with Gasteiger partial charge in [0, 0.05) is 5.75 Å². The molecule has 0 aliphatic rings. The lowest BCUT2D eigenvalue weighted by Crippen LogP contribution is -2.46.